The van der Waals surface area contributed by atoms with Crippen molar-refractivity contribution >= 4 is 29.3 Å². The molecule has 0 aromatic heterocycles. The molecule has 0 aliphatic heterocycles. The number of amides is 2. The number of methoxy groups -OCH3 is 1. The smallest absolute Gasteiger partial charge is 0.266 e. The maximum Gasteiger partial charge on any atom is 0.266 e. The number of aryl methyl sites for hydroxylation is 1. The molecular weight excluding hydrogens is 418 g/mol. The molecule has 0 heterocycles. The zero-order chi connectivity index (χ0) is 23.6. The number of hydrogen-bond acceptors (Lipinski definition) is 5. The minimum absolute atomic E-state index is 0.0629. The van der Waals surface area contributed by atoms with E-state index < -0.39 is 5.91 Å². The SMILES string of the molecule is COc1ccccc1NC(=O)/C(C#N)=C/c1ccc(OCC(=O)Nc2cccc(C)c2)cc1. The number of rotatable bonds is 8. The lowest BCUT2D eigenvalue weighted by Gasteiger charge is -2.09. The number of benzene rings is 3. The number of nitrogens with zero attached hydrogens (tertiary/aromatic N) is 1. The summed E-state index contributed by atoms with van der Waals surface area (Å²) in [5, 5.41) is 14.9. The third-order valence-corrected chi connectivity index (χ3v) is 4.58. The Kier molecular flexibility index (Phi) is 7.81. The Morgan fingerprint density at radius 3 is 2.45 bits per heavy atom. The van der Waals surface area contributed by atoms with Gasteiger partial charge in [-0.25, -0.2) is 0 Å². The van der Waals surface area contributed by atoms with E-state index in [9.17, 15) is 14.9 Å². The largest absolute Gasteiger partial charge is 0.495 e. The van der Waals surface area contributed by atoms with E-state index >= 15 is 0 Å². The van der Waals surface area contributed by atoms with Crippen molar-refractivity contribution in [3.63, 3.8) is 0 Å². The van der Waals surface area contributed by atoms with Crippen molar-refractivity contribution in [2.75, 3.05) is 24.4 Å². The van der Waals surface area contributed by atoms with Crippen LogP contribution in [0.1, 0.15) is 11.1 Å². The van der Waals surface area contributed by atoms with Crippen LogP contribution in [0.25, 0.3) is 6.08 Å². The number of nitriles is 1. The highest BCUT2D eigenvalue weighted by Gasteiger charge is 2.12. The lowest BCUT2D eigenvalue weighted by molar-refractivity contribution is -0.118. The molecule has 7 nitrogen and oxygen atoms in total. The van der Waals surface area contributed by atoms with E-state index in [0.717, 1.165) is 5.56 Å². The maximum absolute atomic E-state index is 12.5. The number of nitrogens with one attached hydrogen (secondary N) is 2. The highest BCUT2D eigenvalue weighted by molar-refractivity contribution is 6.10. The van der Waals surface area contributed by atoms with Crippen LogP contribution in [0.2, 0.25) is 0 Å². The van der Waals surface area contributed by atoms with Gasteiger partial charge in [0.2, 0.25) is 0 Å². The molecule has 0 saturated heterocycles. The van der Waals surface area contributed by atoms with Crippen LogP contribution >= 0.6 is 0 Å². The van der Waals surface area contributed by atoms with Crippen molar-refractivity contribution in [3.8, 4) is 17.6 Å². The summed E-state index contributed by atoms with van der Waals surface area (Å²) in [7, 11) is 1.50. The summed E-state index contributed by atoms with van der Waals surface area (Å²) in [6.45, 7) is 1.80. The lowest BCUT2D eigenvalue weighted by Crippen LogP contribution is -2.20. The highest BCUT2D eigenvalue weighted by atomic mass is 16.5. The third kappa shape index (κ3) is 6.71. The van der Waals surface area contributed by atoms with Gasteiger partial charge in [-0.1, -0.05) is 36.4 Å². The summed E-state index contributed by atoms with van der Waals surface area (Å²) in [5.41, 5.74) is 2.80. The number of anilines is 2. The molecule has 7 heteroatoms. The van der Waals surface area contributed by atoms with Gasteiger partial charge in [0.1, 0.15) is 23.1 Å². The average molecular weight is 441 g/mol. The molecule has 0 aliphatic rings. The van der Waals surface area contributed by atoms with Gasteiger partial charge < -0.3 is 20.1 Å². The van der Waals surface area contributed by atoms with E-state index in [2.05, 4.69) is 10.6 Å². The Morgan fingerprint density at radius 1 is 1.00 bits per heavy atom. The van der Waals surface area contributed by atoms with Crippen LogP contribution in [0.15, 0.2) is 78.4 Å². The summed E-state index contributed by atoms with van der Waals surface area (Å²) in [6.07, 6.45) is 1.47. The Morgan fingerprint density at radius 2 is 1.76 bits per heavy atom. The Balaban J connectivity index is 1.59. The van der Waals surface area contributed by atoms with Crippen LogP contribution in [-0.2, 0) is 9.59 Å². The lowest BCUT2D eigenvalue weighted by atomic mass is 10.1. The molecule has 2 N–H and O–H groups in total. The van der Waals surface area contributed by atoms with Crippen LogP contribution in [0.4, 0.5) is 11.4 Å². The fourth-order valence-corrected chi connectivity index (χ4v) is 2.98. The number of ether oxygens (including phenoxy) is 2. The first kappa shape index (κ1) is 23.1. The zero-order valence-corrected chi connectivity index (χ0v) is 18.3. The molecule has 2 amide bonds. The molecule has 0 fully saturated rings. The quantitative estimate of drug-likeness (QED) is 0.394. The van der Waals surface area contributed by atoms with E-state index in [4.69, 9.17) is 9.47 Å². The van der Waals surface area contributed by atoms with Crippen LogP contribution < -0.4 is 20.1 Å². The van der Waals surface area contributed by atoms with Gasteiger partial charge in [-0.2, -0.15) is 5.26 Å². The second kappa shape index (κ2) is 11.2. The van der Waals surface area contributed by atoms with Gasteiger partial charge in [0, 0.05) is 5.69 Å². The molecule has 0 aliphatic carbocycles. The molecule has 3 aromatic rings. The average Bonchev–Trinajstić information content (AvgIpc) is 2.82. The van der Waals surface area contributed by atoms with E-state index in [1.54, 1.807) is 48.5 Å². The minimum atomic E-state index is -0.546. The number of para-hydroxylation sites is 2. The van der Waals surface area contributed by atoms with Crippen LogP contribution in [0.3, 0.4) is 0 Å². The Hall–Kier alpha value is -4.57. The normalized spacial score (nSPS) is 10.6. The summed E-state index contributed by atoms with van der Waals surface area (Å²) in [4.78, 5) is 24.6. The summed E-state index contributed by atoms with van der Waals surface area (Å²) in [6, 6.07) is 23.1. The Bertz CT molecular complexity index is 1210. The molecule has 33 heavy (non-hydrogen) atoms. The highest BCUT2D eigenvalue weighted by Crippen LogP contribution is 2.24. The zero-order valence-electron chi connectivity index (χ0n) is 18.3. The maximum atomic E-state index is 12.5. The van der Waals surface area contributed by atoms with Crippen molar-refractivity contribution < 1.29 is 19.1 Å². The Labute approximate surface area is 192 Å². The van der Waals surface area contributed by atoms with Crippen LogP contribution in [-0.4, -0.2) is 25.5 Å². The second-order valence-electron chi connectivity index (χ2n) is 7.10. The van der Waals surface area contributed by atoms with Crippen molar-refractivity contribution in [3.05, 3.63) is 89.5 Å². The first-order valence-electron chi connectivity index (χ1n) is 10.1. The van der Waals surface area contributed by atoms with E-state index in [1.807, 2.05) is 37.3 Å². The van der Waals surface area contributed by atoms with Gasteiger partial charge in [-0.15, -0.1) is 0 Å². The van der Waals surface area contributed by atoms with E-state index in [1.165, 1.54) is 13.2 Å². The van der Waals surface area contributed by atoms with Crippen LogP contribution in [0.5, 0.6) is 11.5 Å². The molecule has 3 rings (SSSR count). The van der Waals surface area contributed by atoms with Gasteiger partial charge in [-0.3, -0.25) is 9.59 Å². The predicted octanol–water partition coefficient (Wildman–Crippen LogP) is 4.57. The number of carbonyl (C=O) groups excluding carboxylic acids is 2. The predicted molar refractivity (Wildman–Crippen MR) is 127 cm³/mol. The summed E-state index contributed by atoms with van der Waals surface area (Å²) < 4.78 is 10.7. The minimum Gasteiger partial charge on any atom is -0.495 e. The first-order valence-corrected chi connectivity index (χ1v) is 10.1. The molecule has 0 unspecified atom stereocenters. The molecular formula is C26H23N3O4. The van der Waals surface area contributed by atoms with Crippen molar-refractivity contribution in [1.29, 1.82) is 5.26 Å². The van der Waals surface area contributed by atoms with Crippen molar-refractivity contribution in [2.24, 2.45) is 0 Å². The standard InChI is InChI=1S/C26H23N3O4/c1-18-6-5-7-21(14-18)28-25(30)17-33-22-12-10-19(11-13-22)15-20(16-27)26(31)29-23-8-3-4-9-24(23)32-2/h3-15H,17H2,1-2H3,(H,28,30)(H,29,31)/b20-15+. The van der Waals surface area contributed by atoms with E-state index in [-0.39, 0.29) is 18.1 Å². The number of hydrogen-bond donors (Lipinski definition) is 2. The molecule has 0 radical (unpaired) electrons. The summed E-state index contributed by atoms with van der Waals surface area (Å²) >= 11 is 0. The fourth-order valence-electron chi connectivity index (χ4n) is 2.98. The second-order valence-corrected chi connectivity index (χ2v) is 7.10. The molecule has 0 atom stereocenters. The molecule has 0 spiro atoms. The van der Waals surface area contributed by atoms with Crippen LogP contribution in [0, 0.1) is 18.3 Å². The van der Waals surface area contributed by atoms with Gasteiger partial charge in [-0.05, 0) is 60.5 Å². The van der Waals surface area contributed by atoms with Crippen molar-refractivity contribution in [2.45, 2.75) is 6.92 Å². The van der Waals surface area contributed by atoms with Gasteiger partial charge in [0.25, 0.3) is 11.8 Å². The molecule has 166 valence electrons. The van der Waals surface area contributed by atoms with Crippen molar-refractivity contribution in [1.82, 2.24) is 0 Å². The summed E-state index contributed by atoms with van der Waals surface area (Å²) in [5.74, 6) is 0.166. The monoisotopic (exact) mass is 441 g/mol. The fraction of sp³-hybridized carbons (Fsp3) is 0.115. The molecule has 0 bridgehead atoms. The van der Waals surface area contributed by atoms with Gasteiger partial charge >= 0.3 is 0 Å². The molecule has 0 saturated carbocycles. The van der Waals surface area contributed by atoms with E-state index in [0.29, 0.717) is 28.4 Å². The van der Waals surface area contributed by atoms with Gasteiger partial charge in [0.05, 0.1) is 12.8 Å². The van der Waals surface area contributed by atoms with Gasteiger partial charge in [0.15, 0.2) is 6.61 Å². The molecule has 3 aromatic carbocycles. The number of carbonyl (C=O) groups is 2. The topological polar surface area (TPSA) is 100 Å². The third-order valence-electron chi connectivity index (χ3n) is 4.58. The first-order chi connectivity index (χ1) is 16.0.